The van der Waals surface area contributed by atoms with Gasteiger partial charge in [-0.25, -0.2) is 0 Å². The maximum atomic E-state index is 11.8. The summed E-state index contributed by atoms with van der Waals surface area (Å²) in [7, 11) is 0. The van der Waals surface area contributed by atoms with E-state index in [1.165, 1.54) is 25.7 Å². The molecule has 0 heterocycles. The van der Waals surface area contributed by atoms with Gasteiger partial charge in [-0.1, -0.05) is 6.42 Å². The van der Waals surface area contributed by atoms with Crippen LogP contribution in [0.4, 0.5) is 0 Å². The number of hydrogen-bond acceptors (Lipinski definition) is 4. The first-order valence-corrected chi connectivity index (χ1v) is 8.14. The van der Waals surface area contributed by atoms with Gasteiger partial charge in [-0.2, -0.15) is 0 Å². The molecule has 5 atom stereocenters. The van der Waals surface area contributed by atoms with Crippen molar-refractivity contribution in [3.63, 3.8) is 0 Å². The number of fused-ring (bicyclic) bond motifs is 2. The highest BCUT2D eigenvalue weighted by atomic mass is 32.2. The number of carboxylic acid groups (broad SMARTS) is 1. The lowest BCUT2D eigenvalue weighted by molar-refractivity contribution is -0.304. The van der Waals surface area contributed by atoms with Gasteiger partial charge in [0.05, 0.1) is 11.7 Å². The van der Waals surface area contributed by atoms with Crippen LogP contribution >= 0.6 is 11.8 Å². The first-order valence-electron chi connectivity index (χ1n) is 7.09. The summed E-state index contributed by atoms with van der Waals surface area (Å²) < 4.78 is 0. The van der Waals surface area contributed by atoms with Crippen LogP contribution in [0.15, 0.2) is 0 Å². The molecule has 2 fully saturated rings. The minimum Gasteiger partial charge on any atom is -0.549 e. The van der Waals surface area contributed by atoms with Gasteiger partial charge in [-0.15, -0.1) is 11.8 Å². The number of hydrogen-bond donors (Lipinski definition) is 1. The van der Waals surface area contributed by atoms with E-state index in [0.717, 1.165) is 23.6 Å². The molecule has 0 saturated heterocycles. The summed E-state index contributed by atoms with van der Waals surface area (Å²) in [4.78, 5) is 22.4. The van der Waals surface area contributed by atoms with Crippen LogP contribution in [0.1, 0.15) is 39.5 Å². The fraction of sp³-hybridized carbons (Fsp3) is 0.857. The highest BCUT2D eigenvalue weighted by molar-refractivity contribution is 8.01. The zero-order valence-electron chi connectivity index (χ0n) is 11.6. The number of aliphatic carboxylic acids is 1. The first kappa shape index (κ1) is 14.7. The Morgan fingerprint density at radius 2 is 2.05 bits per heavy atom. The molecule has 2 bridgehead atoms. The highest BCUT2D eigenvalue weighted by Crippen LogP contribution is 2.49. The molecule has 2 rings (SSSR count). The van der Waals surface area contributed by atoms with Gasteiger partial charge in [0.25, 0.3) is 0 Å². The summed E-state index contributed by atoms with van der Waals surface area (Å²) in [5, 5.41) is 13.0. The van der Waals surface area contributed by atoms with Crippen LogP contribution in [0.5, 0.6) is 0 Å². The number of nitrogens with one attached hydrogen (secondary N) is 1. The Morgan fingerprint density at radius 3 is 2.58 bits per heavy atom. The smallest absolute Gasteiger partial charge is 0.230 e. The van der Waals surface area contributed by atoms with Crippen molar-refractivity contribution in [2.75, 3.05) is 5.75 Å². The SMILES string of the molecule is C[C@@H](SCC(=O)N[C@H](C)[C@H]1C[C@@H]2CC[C@@H]1C2)C(=O)[O-]. The highest BCUT2D eigenvalue weighted by Gasteiger charge is 2.42. The number of amides is 1. The molecule has 0 aromatic rings. The van der Waals surface area contributed by atoms with Crippen LogP contribution in [0.3, 0.4) is 0 Å². The molecule has 0 unspecified atom stereocenters. The monoisotopic (exact) mass is 284 g/mol. The standard InChI is InChI=1S/C14H23NO3S/c1-8(12-6-10-3-4-11(12)5-10)15-13(16)7-19-9(2)14(17)18/h8-12H,3-7H2,1-2H3,(H,15,16)(H,17,18)/p-1/t8-,9-,10-,11-,12-/m1/s1. The molecule has 2 saturated carbocycles. The Morgan fingerprint density at radius 1 is 1.32 bits per heavy atom. The predicted octanol–water partition coefficient (Wildman–Crippen LogP) is 0.799. The van der Waals surface area contributed by atoms with Crippen LogP contribution < -0.4 is 10.4 Å². The van der Waals surface area contributed by atoms with Crippen molar-refractivity contribution in [3.05, 3.63) is 0 Å². The Labute approximate surface area is 118 Å². The van der Waals surface area contributed by atoms with Gasteiger partial charge in [0.15, 0.2) is 0 Å². The van der Waals surface area contributed by atoms with Crippen molar-refractivity contribution in [2.45, 2.75) is 50.8 Å². The Bertz CT molecular complexity index is 361. The maximum Gasteiger partial charge on any atom is 0.230 e. The summed E-state index contributed by atoms with van der Waals surface area (Å²) in [5.41, 5.74) is 0. The summed E-state index contributed by atoms with van der Waals surface area (Å²) in [6.45, 7) is 3.63. The molecule has 2 aliphatic carbocycles. The normalized spacial score (nSPS) is 32.0. The van der Waals surface area contributed by atoms with E-state index in [-0.39, 0.29) is 17.7 Å². The lowest BCUT2D eigenvalue weighted by Crippen LogP contribution is -2.41. The molecule has 0 aromatic carbocycles. The molecule has 5 heteroatoms. The molecule has 108 valence electrons. The van der Waals surface area contributed by atoms with Crippen molar-refractivity contribution < 1.29 is 14.7 Å². The summed E-state index contributed by atoms with van der Waals surface area (Å²) >= 11 is 1.12. The lowest BCUT2D eigenvalue weighted by Gasteiger charge is -2.28. The van der Waals surface area contributed by atoms with Gasteiger partial charge in [0.2, 0.25) is 5.91 Å². The third-order valence-electron chi connectivity index (χ3n) is 4.62. The van der Waals surface area contributed by atoms with Crippen LogP contribution in [-0.2, 0) is 9.59 Å². The van der Waals surface area contributed by atoms with E-state index in [1.54, 1.807) is 6.92 Å². The van der Waals surface area contributed by atoms with Crippen LogP contribution in [0.25, 0.3) is 0 Å². The van der Waals surface area contributed by atoms with Gasteiger partial charge >= 0.3 is 0 Å². The molecule has 2 aliphatic rings. The van der Waals surface area contributed by atoms with Crippen molar-refractivity contribution in [2.24, 2.45) is 17.8 Å². The van der Waals surface area contributed by atoms with Crippen molar-refractivity contribution >= 4 is 23.6 Å². The summed E-state index contributed by atoms with van der Waals surface area (Å²) in [6.07, 6.45) is 5.25. The molecule has 1 amide bonds. The van der Waals surface area contributed by atoms with Crippen molar-refractivity contribution in [1.82, 2.24) is 5.32 Å². The third-order valence-corrected chi connectivity index (χ3v) is 5.74. The van der Waals surface area contributed by atoms with E-state index in [9.17, 15) is 14.7 Å². The predicted molar refractivity (Wildman–Crippen MR) is 73.5 cm³/mol. The summed E-state index contributed by atoms with van der Waals surface area (Å²) in [5.74, 6) is 1.30. The fourth-order valence-electron chi connectivity index (χ4n) is 3.58. The molecular formula is C14H22NO3S-. The molecule has 0 radical (unpaired) electrons. The zero-order valence-corrected chi connectivity index (χ0v) is 12.4. The van der Waals surface area contributed by atoms with Gasteiger partial charge in [-0.3, -0.25) is 4.79 Å². The van der Waals surface area contributed by atoms with Gasteiger partial charge in [-0.05, 0) is 50.9 Å². The van der Waals surface area contributed by atoms with Crippen LogP contribution in [0.2, 0.25) is 0 Å². The van der Waals surface area contributed by atoms with E-state index in [2.05, 4.69) is 12.2 Å². The van der Waals surface area contributed by atoms with Crippen LogP contribution in [0, 0.1) is 17.8 Å². The second kappa shape index (κ2) is 6.16. The molecule has 0 spiro atoms. The molecule has 4 nitrogen and oxygen atoms in total. The minimum absolute atomic E-state index is 0.0617. The Hall–Kier alpha value is -0.710. The summed E-state index contributed by atoms with van der Waals surface area (Å²) in [6, 6.07) is 0.210. The van der Waals surface area contributed by atoms with Crippen LogP contribution in [-0.4, -0.2) is 28.9 Å². The number of rotatable bonds is 6. The fourth-order valence-corrected chi connectivity index (χ4v) is 4.20. The molecule has 19 heavy (non-hydrogen) atoms. The zero-order chi connectivity index (χ0) is 14.0. The average Bonchev–Trinajstić information content (AvgIpc) is 2.97. The number of thioether (sulfide) groups is 1. The Kier molecular flexibility index (Phi) is 4.76. The topological polar surface area (TPSA) is 69.2 Å². The molecule has 0 aliphatic heterocycles. The molecule has 1 N–H and O–H groups in total. The molecular weight excluding hydrogens is 262 g/mol. The van der Waals surface area contributed by atoms with E-state index in [0.29, 0.717) is 5.92 Å². The van der Waals surface area contributed by atoms with E-state index in [1.807, 2.05) is 0 Å². The second-order valence-electron chi connectivity index (χ2n) is 5.97. The molecule has 0 aromatic heterocycles. The van der Waals surface area contributed by atoms with Gasteiger partial charge in [0.1, 0.15) is 0 Å². The van der Waals surface area contributed by atoms with Gasteiger partial charge < -0.3 is 15.2 Å². The number of carbonyl (C=O) groups is 2. The van der Waals surface area contributed by atoms with E-state index >= 15 is 0 Å². The number of carbonyl (C=O) groups excluding carboxylic acids is 2. The number of carboxylic acids is 1. The largest absolute Gasteiger partial charge is 0.549 e. The van der Waals surface area contributed by atoms with E-state index in [4.69, 9.17) is 0 Å². The average molecular weight is 284 g/mol. The van der Waals surface area contributed by atoms with Gasteiger partial charge in [0, 0.05) is 11.3 Å². The quantitative estimate of drug-likeness (QED) is 0.783. The van der Waals surface area contributed by atoms with Crippen molar-refractivity contribution in [3.8, 4) is 0 Å². The van der Waals surface area contributed by atoms with Crippen molar-refractivity contribution in [1.29, 1.82) is 0 Å². The first-order chi connectivity index (χ1) is 8.97. The second-order valence-corrected chi connectivity index (χ2v) is 7.30. The minimum atomic E-state index is -1.11. The lowest BCUT2D eigenvalue weighted by atomic mass is 9.84. The Balaban J connectivity index is 1.71. The van der Waals surface area contributed by atoms with E-state index < -0.39 is 11.2 Å². The third kappa shape index (κ3) is 3.65. The maximum absolute atomic E-state index is 11.8.